The number of carbonyl (C=O) groups is 2. The number of halogens is 2. The molecule has 1 heterocycles. The Bertz CT molecular complexity index is 967. The number of furan rings is 1. The van der Waals surface area contributed by atoms with Gasteiger partial charge in [-0.1, -0.05) is 6.07 Å². The maximum absolute atomic E-state index is 13.1. The highest BCUT2D eigenvalue weighted by Gasteiger charge is 2.19. The van der Waals surface area contributed by atoms with Gasteiger partial charge in [0, 0.05) is 18.3 Å². The first-order valence-electron chi connectivity index (χ1n) is 8.09. The third-order valence-corrected chi connectivity index (χ3v) is 3.78. The minimum Gasteiger partial charge on any atom is -0.451 e. The Morgan fingerprint density at radius 3 is 2.44 bits per heavy atom. The van der Waals surface area contributed by atoms with Crippen molar-refractivity contribution in [3.05, 3.63) is 78.1 Å². The second-order valence-electron chi connectivity index (χ2n) is 5.89. The molecular weight excluding hydrogens is 354 g/mol. The van der Waals surface area contributed by atoms with Crippen molar-refractivity contribution in [2.75, 3.05) is 18.9 Å². The molecule has 138 valence electrons. The van der Waals surface area contributed by atoms with Crippen molar-refractivity contribution in [3.8, 4) is 11.3 Å². The Kier molecular flexibility index (Phi) is 5.30. The summed E-state index contributed by atoms with van der Waals surface area (Å²) in [6.07, 6.45) is 0. The molecule has 7 heteroatoms. The average Bonchev–Trinajstić information content (AvgIpc) is 3.11. The fourth-order valence-electron chi connectivity index (χ4n) is 2.46. The molecule has 0 fully saturated rings. The number of hydrogen-bond donors (Lipinski definition) is 1. The molecule has 0 atom stereocenters. The Morgan fingerprint density at radius 2 is 1.74 bits per heavy atom. The van der Waals surface area contributed by atoms with Crippen LogP contribution in [0.25, 0.3) is 11.3 Å². The van der Waals surface area contributed by atoms with Crippen molar-refractivity contribution in [1.29, 1.82) is 0 Å². The molecule has 3 rings (SSSR count). The Balaban J connectivity index is 1.63. The molecule has 0 bridgehead atoms. The molecule has 27 heavy (non-hydrogen) atoms. The summed E-state index contributed by atoms with van der Waals surface area (Å²) in [5.74, 6) is -1.34. The van der Waals surface area contributed by atoms with Crippen molar-refractivity contribution < 1.29 is 22.8 Å². The van der Waals surface area contributed by atoms with Gasteiger partial charge in [-0.25, -0.2) is 8.78 Å². The molecule has 0 aliphatic carbocycles. The number of carbonyl (C=O) groups excluding carboxylic acids is 2. The van der Waals surface area contributed by atoms with E-state index in [0.717, 1.165) is 0 Å². The van der Waals surface area contributed by atoms with Crippen molar-refractivity contribution in [2.45, 2.75) is 0 Å². The van der Waals surface area contributed by atoms with Crippen molar-refractivity contribution in [2.24, 2.45) is 0 Å². The molecule has 0 spiro atoms. The lowest BCUT2D eigenvalue weighted by Gasteiger charge is -2.15. The largest absolute Gasteiger partial charge is 0.451 e. The Morgan fingerprint density at radius 1 is 1.00 bits per heavy atom. The average molecular weight is 370 g/mol. The number of rotatable bonds is 5. The van der Waals surface area contributed by atoms with E-state index in [1.807, 2.05) is 0 Å². The van der Waals surface area contributed by atoms with Gasteiger partial charge in [-0.05, 0) is 54.6 Å². The van der Waals surface area contributed by atoms with E-state index in [4.69, 9.17) is 4.42 Å². The molecule has 0 aliphatic heterocycles. The number of likely N-dealkylation sites (N-methyl/N-ethyl adjacent to an activating group) is 1. The number of nitrogens with one attached hydrogen (secondary N) is 1. The summed E-state index contributed by atoms with van der Waals surface area (Å²) in [7, 11) is 1.45. The third kappa shape index (κ3) is 4.58. The number of benzene rings is 2. The van der Waals surface area contributed by atoms with Crippen LogP contribution in [0.1, 0.15) is 10.6 Å². The van der Waals surface area contributed by atoms with Gasteiger partial charge >= 0.3 is 0 Å². The lowest BCUT2D eigenvalue weighted by Crippen LogP contribution is -2.34. The van der Waals surface area contributed by atoms with Crippen LogP contribution in [-0.2, 0) is 4.79 Å². The predicted octanol–water partition coefficient (Wildman–Crippen LogP) is 3.94. The van der Waals surface area contributed by atoms with Crippen LogP contribution >= 0.6 is 0 Å². The molecule has 0 radical (unpaired) electrons. The fourth-order valence-corrected chi connectivity index (χ4v) is 2.46. The first kappa shape index (κ1) is 18.3. The third-order valence-electron chi connectivity index (χ3n) is 3.78. The molecule has 2 amide bonds. The number of nitrogens with zero attached hydrogens (tertiary/aromatic N) is 1. The van der Waals surface area contributed by atoms with E-state index in [1.165, 1.54) is 48.3 Å². The van der Waals surface area contributed by atoms with Gasteiger partial charge in [0.2, 0.25) is 5.91 Å². The zero-order valence-corrected chi connectivity index (χ0v) is 14.4. The molecular formula is C20H16F2N2O3. The molecule has 5 nitrogen and oxygen atoms in total. The van der Waals surface area contributed by atoms with Crippen LogP contribution in [0, 0.1) is 11.6 Å². The van der Waals surface area contributed by atoms with E-state index < -0.39 is 17.6 Å². The highest BCUT2D eigenvalue weighted by atomic mass is 19.1. The van der Waals surface area contributed by atoms with Crippen LogP contribution in [0.2, 0.25) is 0 Å². The van der Waals surface area contributed by atoms with Gasteiger partial charge in [0.25, 0.3) is 5.91 Å². The summed E-state index contributed by atoms with van der Waals surface area (Å²) < 4.78 is 31.6. The van der Waals surface area contributed by atoms with Crippen LogP contribution in [-0.4, -0.2) is 30.3 Å². The summed E-state index contributed by atoms with van der Waals surface area (Å²) in [6, 6.07) is 14.2. The first-order chi connectivity index (χ1) is 12.9. The number of hydrogen-bond acceptors (Lipinski definition) is 3. The zero-order valence-electron chi connectivity index (χ0n) is 14.4. The normalized spacial score (nSPS) is 10.5. The van der Waals surface area contributed by atoms with Gasteiger partial charge in [-0.3, -0.25) is 9.59 Å². The van der Waals surface area contributed by atoms with Crippen LogP contribution < -0.4 is 5.32 Å². The lowest BCUT2D eigenvalue weighted by atomic mass is 10.2. The smallest absolute Gasteiger partial charge is 0.289 e. The molecule has 0 aliphatic rings. The van der Waals surface area contributed by atoms with Gasteiger partial charge in [-0.15, -0.1) is 0 Å². The molecule has 0 unspecified atom stereocenters. The summed E-state index contributed by atoms with van der Waals surface area (Å²) in [5, 5.41) is 2.52. The lowest BCUT2D eigenvalue weighted by molar-refractivity contribution is -0.116. The highest BCUT2D eigenvalue weighted by molar-refractivity contribution is 5.98. The van der Waals surface area contributed by atoms with E-state index in [9.17, 15) is 18.4 Å². The maximum Gasteiger partial charge on any atom is 0.289 e. The molecule has 1 N–H and O–H groups in total. The first-order valence-corrected chi connectivity index (χ1v) is 8.09. The topological polar surface area (TPSA) is 62.6 Å². The van der Waals surface area contributed by atoms with Crippen molar-refractivity contribution >= 4 is 17.5 Å². The quantitative estimate of drug-likeness (QED) is 0.740. The molecule has 1 aromatic heterocycles. The second-order valence-corrected chi connectivity index (χ2v) is 5.89. The van der Waals surface area contributed by atoms with Crippen molar-refractivity contribution in [3.63, 3.8) is 0 Å². The zero-order chi connectivity index (χ0) is 19.4. The Hall–Kier alpha value is -3.48. The fraction of sp³-hybridized carbons (Fsp3) is 0.100. The molecule has 0 saturated carbocycles. The van der Waals surface area contributed by atoms with E-state index in [1.54, 1.807) is 24.3 Å². The number of amides is 2. The van der Waals surface area contributed by atoms with Gasteiger partial charge < -0.3 is 14.6 Å². The molecule has 3 aromatic rings. The van der Waals surface area contributed by atoms with Gasteiger partial charge in [-0.2, -0.15) is 0 Å². The van der Waals surface area contributed by atoms with E-state index in [2.05, 4.69) is 5.32 Å². The Labute approximate surface area is 154 Å². The summed E-state index contributed by atoms with van der Waals surface area (Å²) >= 11 is 0. The summed E-state index contributed by atoms with van der Waals surface area (Å²) in [6.45, 7) is -0.234. The van der Waals surface area contributed by atoms with E-state index >= 15 is 0 Å². The van der Waals surface area contributed by atoms with E-state index in [-0.39, 0.29) is 18.1 Å². The van der Waals surface area contributed by atoms with Gasteiger partial charge in [0.05, 0.1) is 6.54 Å². The minimum absolute atomic E-state index is 0.0513. The molecule has 2 aromatic carbocycles. The highest BCUT2D eigenvalue weighted by Crippen LogP contribution is 2.23. The van der Waals surface area contributed by atoms with Crippen LogP contribution in [0.3, 0.4) is 0 Å². The second kappa shape index (κ2) is 7.82. The monoisotopic (exact) mass is 370 g/mol. The van der Waals surface area contributed by atoms with Crippen LogP contribution in [0.15, 0.2) is 65.1 Å². The van der Waals surface area contributed by atoms with Gasteiger partial charge in [0.1, 0.15) is 17.4 Å². The SMILES string of the molecule is CN(CC(=O)Nc1cccc(F)c1)C(=O)c1ccc(-c2ccc(F)cc2)o1. The number of anilines is 1. The van der Waals surface area contributed by atoms with Crippen molar-refractivity contribution in [1.82, 2.24) is 4.90 Å². The maximum atomic E-state index is 13.1. The van der Waals surface area contributed by atoms with Crippen LogP contribution in [0.5, 0.6) is 0 Å². The predicted molar refractivity (Wildman–Crippen MR) is 96.1 cm³/mol. The minimum atomic E-state index is -0.488. The summed E-state index contributed by atoms with van der Waals surface area (Å²) in [5.41, 5.74) is 0.930. The van der Waals surface area contributed by atoms with E-state index in [0.29, 0.717) is 17.0 Å². The van der Waals surface area contributed by atoms with Crippen LogP contribution in [0.4, 0.5) is 14.5 Å². The summed E-state index contributed by atoms with van der Waals surface area (Å²) in [4.78, 5) is 25.6. The standard InChI is InChI=1S/C20H16F2N2O3/c1-24(12-19(25)23-16-4-2-3-15(22)11-16)20(26)18-10-9-17(27-18)13-5-7-14(21)8-6-13/h2-11H,12H2,1H3,(H,23,25). The molecule has 0 saturated heterocycles. The van der Waals surface area contributed by atoms with Gasteiger partial charge in [0.15, 0.2) is 5.76 Å².